The normalized spacial score (nSPS) is 13.4. The van der Waals surface area contributed by atoms with E-state index in [-0.39, 0.29) is 0 Å². The highest BCUT2D eigenvalue weighted by atomic mass is 79.9. The van der Waals surface area contributed by atoms with E-state index in [1.54, 1.807) is 6.20 Å². The van der Waals surface area contributed by atoms with Gasteiger partial charge in [-0.1, -0.05) is 0 Å². The average Bonchev–Trinajstić information content (AvgIpc) is 2.68. The lowest BCUT2D eigenvalue weighted by Crippen LogP contribution is -2.35. The highest BCUT2D eigenvalue weighted by Gasteiger charge is 2.07. The number of hydrogen-bond acceptors (Lipinski definition) is 4. The van der Waals surface area contributed by atoms with Crippen molar-refractivity contribution in [2.24, 2.45) is 0 Å². The summed E-state index contributed by atoms with van der Waals surface area (Å²) in [6, 6.07) is 0.441. The number of aromatic nitrogens is 3. The monoisotopic (exact) mass is 311 g/mol. The van der Waals surface area contributed by atoms with Crippen molar-refractivity contribution in [3.8, 4) is 0 Å². The van der Waals surface area contributed by atoms with E-state index in [2.05, 4.69) is 57.1 Å². The highest BCUT2D eigenvalue weighted by molar-refractivity contribution is 9.10. The van der Waals surface area contributed by atoms with E-state index in [9.17, 15) is 0 Å². The SMILES string of the molecule is CC(CN(C)C)NCc1cnc2cnc(Br)cn12. The maximum Gasteiger partial charge on any atom is 0.155 e. The largest absolute Gasteiger partial charge is 0.308 e. The lowest BCUT2D eigenvalue weighted by atomic mass is 10.3. The lowest BCUT2D eigenvalue weighted by molar-refractivity contribution is 0.348. The summed E-state index contributed by atoms with van der Waals surface area (Å²) in [6.07, 6.45) is 5.59. The minimum Gasteiger partial charge on any atom is -0.308 e. The van der Waals surface area contributed by atoms with Gasteiger partial charge in [0, 0.05) is 25.3 Å². The third-order valence-electron chi connectivity index (χ3n) is 2.71. The molecule has 0 saturated heterocycles. The predicted octanol–water partition coefficient (Wildman–Crippen LogP) is 1.53. The molecule has 2 aromatic rings. The third-order valence-corrected chi connectivity index (χ3v) is 3.12. The maximum absolute atomic E-state index is 4.33. The molecule has 1 unspecified atom stereocenters. The van der Waals surface area contributed by atoms with Crippen LogP contribution in [0.15, 0.2) is 23.2 Å². The van der Waals surface area contributed by atoms with E-state index in [4.69, 9.17) is 0 Å². The standard InChI is InChI=1S/C12H18BrN5/c1-9(7-17(2)3)14-4-10-5-16-12-6-15-11(13)8-18(10)12/h5-6,8-9,14H,4,7H2,1-3H3. The van der Waals surface area contributed by atoms with Gasteiger partial charge in [0.25, 0.3) is 0 Å². The molecule has 2 heterocycles. The molecule has 0 bridgehead atoms. The number of halogens is 1. The Bertz CT molecular complexity index is 522. The Labute approximate surface area is 115 Å². The first-order chi connectivity index (χ1) is 8.56. The van der Waals surface area contributed by atoms with Crippen LogP contribution in [0.3, 0.4) is 0 Å². The molecule has 0 fully saturated rings. The van der Waals surface area contributed by atoms with Gasteiger partial charge >= 0.3 is 0 Å². The predicted molar refractivity (Wildman–Crippen MR) is 75.5 cm³/mol. The average molecular weight is 312 g/mol. The summed E-state index contributed by atoms with van der Waals surface area (Å²) in [6.45, 7) is 4.00. The molecule has 5 nitrogen and oxygen atoms in total. The summed E-state index contributed by atoms with van der Waals surface area (Å²) in [5.41, 5.74) is 2.01. The Morgan fingerprint density at radius 3 is 2.89 bits per heavy atom. The molecular weight excluding hydrogens is 294 g/mol. The van der Waals surface area contributed by atoms with Gasteiger partial charge in [0.05, 0.1) is 18.1 Å². The fraction of sp³-hybridized carbons (Fsp3) is 0.500. The van der Waals surface area contributed by atoms with E-state index < -0.39 is 0 Å². The fourth-order valence-electron chi connectivity index (χ4n) is 1.94. The first-order valence-corrected chi connectivity index (χ1v) is 6.71. The molecule has 98 valence electrons. The quantitative estimate of drug-likeness (QED) is 0.909. The summed E-state index contributed by atoms with van der Waals surface area (Å²) in [7, 11) is 4.16. The molecule has 1 atom stereocenters. The second kappa shape index (κ2) is 5.77. The van der Waals surface area contributed by atoms with Gasteiger partial charge in [-0.15, -0.1) is 0 Å². The second-order valence-electron chi connectivity index (χ2n) is 4.73. The van der Waals surface area contributed by atoms with Crippen molar-refractivity contribution in [2.75, 3.05) is 20.6 Å². The van der Waals surface area contributed by atoms with Crippen LogP contribution in [-0.2, 0) is 6.54 Å². The fourth-order valence-corrected chi connectivity index (χ4v) is 2.25. The van der Waals surface area contributed by atoms with E-state index in [1.807, 2.05) is 16.8 Å². The molecule has 6 heteroatoms. The summed E-state index contributed by atoms with van der Waals surface area (Å²) >= 11 is 3.38. The summed E-state index contributed by atoms with van der Waals surface area (Å²) in [5, 5.41) is 3.49. The van der Waals surface area contributed by atoms with Crippen molar-refractivity contribution in [3.63, 3.8) is 0 Å². The van der Waals surface area contributed by atoms with Crippen LogP contribution < -0.4 is 5.32 Å². The minimum absolute atomic E-state index is 0.441. The zero-order valence-corrected chi connectivity index (χ0v) is 12.5. The van der Waals surface area contributed by atoms with Crippen LogP contribution in [0.1, 0.15) is 12.6 Å². The van der Waals surface area contributed by atoms with Gasteiger partial charge < -0.3 is 10.2 Å². The van der Waals surface area contributed by atoms with Gasteiger partial charge in [-0.2, -0.15) is 0 Å². The molecule has 0 spiro atoms. The van der Waals surface area contributed by atoms with Crippen molar-refractivity contribution >= 4 is 21.6 Å². The van der Waals surface area contributed by atoms with Crippen molar-refractivity contribution in [2.45, 2.75) is 19.5 Å². The van der Waals surface area contributed by atoms with Crippen LogP contribution in [-0.4, -0.2) is 46.0 Å². The Hall–Kier alpha value is -0.980. The van der Waals surface area contributed by atoms with Gasteiger partial charge in [-0.05, 0) is 36.9 Å². The number of fused-ring (bicyclic) bond motifs is 1. The Morgan fingerprint density at radius 2 is 2.17 bits per heavy atom. The van der Waals surface area contributed by atoms with Crippen LogP contribution >= 0.6 is 15.9 Å². The van der Waals surface area contributed by atoms with Crippen LogP contribution in [0.25, 0.3) is 5.65 Å². The molecular formula is C12H18BrN5. The van der Waals surface area contributed by atoms with Crippen LogP contribution in [0.5, 0.6) is 0 Å². The van der Waals surface area contributed by atoms with E-state index in [0.717, 1.165) is 29.0 Å². The molecule has 0 aliphatic heterocycles. The highest BCUT2D eigenvalue weighted by Crippen LogP contribution is 2.10. The number of imidazole rings is 1. The van der Waals surface area contributed by atoms with E-state index in [1.165, 1.54) is 0 Å². The zero-order valence-electron chi connectivity index (χ0n) is 10.9. The number of nitrogens with one attached hydrogen (secondary N) is 1. The molecule has 1 N–H and O–H groups in total. The topological polar surface area (TPSA) is 45.5 Å². The third kappa shape index (κ3) is 3.28. The number of rotatable bonds is 5. The smallest absolute Gasteiger partial charge is 0.155 e. The van der Waals surface area contributed by atoms with Crippen LogP contribution in [0, 0.1) is 0 Å². The van der Waals surface area contributed by atoms with Crippen molar-refractivity contribution < 1.29 is 0 Å². The van der Waals surface area contributed by atoms with Crippen molar-refractivity contribution in [3.05, 3.63) is 28.9 Å². The van der Waals surface area contributed by atoms with E-state index >= 15 is 0 Å². The van der Waals surface area contributed by atoms with Crippen molar-refractivity contribution in [1.29, 1.82) is 0 Å². The summed E-state index contributed by atoms with van der Waals surface area (Å²) < 4.78 is 2.86. The molecule has 2 aromatic heterocycles. The van der Waals surface area contributed by atoms with Crippen molar-refractivity contribution in [1.82, 2.24) is 24.6 Å². The van der Waals surface area contributed by atoms with Gasteiger partial charge in [0.15, 0.2) is 5.65 Å². The Morgan fingerprint density at radius 1 is 1.39 bits per heavy atom. The number of nitrogens with zero attached hydrogens (tertiary/aromatic N) is 4. The molecule has 18 heavy (non-hydrogen) atoms. The maximum atomic E-state index is 4.33. The summed E-state index contributed by atoms with van der Waals surface area (Å²) in [5.74, 6) is 0. The van der Waals surface area contributed by atoms with E-state index in [0.29, 0.717) is 6.04 Å². The molecule has 0 aromatic carbocycles. The first kappa shape index (κ1) is 13.5. The molecule has 2 rings (SSSR count). The van der Waals surface area contributed by atoms with Crippen LogP contribution in [0.2, 0.25) is 0 Å². The first-order valence-electron chi connectivity index (χ1n) is 5.92. The minimum atomic E-state index is 0.441. The lowest BCUT2D eigenvalue weighted by Gasteiger charge is -2.18. The Kier molecular flexibility index (Phi) is 4.31. The number of hydrogen-bond donors (Lipinski definition) is 1. The van der Waals surface area contributed by atoms with Gasteiger partial charge in [0.1, 0.15) is 4.60 Å². The second-order valence-corrected chi connectivity index (χ2v) is 5.54. The van der Waals surface area contributed by atoms with Gasteiger partial charge in [-0.25, -0.2) is 9.97 Å². The molecule has 0 amide bonds. The summed E-state index contributed by atoms with van der Waals surface area (Å²) in [4.78, 5) is 10.7. The zero-order chi connectivity index (χ0) is 13.1. The van der Waals surface area contributed by atoms with Gasteiger partial charge in [0.2, 0.25) is 0 Å². The Balaban J connectivity index is 2.05. The van der Waals surface area contributed by atoms with Crippen LogP contribution in [0.4, 0.5) is 0 Å². The number of likely N-dealkylation sites (N-methyl/N-ethyl adjacent to an activating group) is 1. The molecule has 0 aliphatic rings. The molecule has 0 radical (unpaired) electrons. The molecule has 0 aliphatic carbocycles. The van der Waals surface area contributed by atoms with Gasteiger partial charge in [-0.3, -0.25) is 4.40 Å². The molecule has 0 saturated carbocycles.